The van der Waals surface area contributed by atoms with Crippen molar-refractivity contribution < 1.29 is 4.79 Å². The van der Waals surface area contributed by atoms with Gasteiger partial charge in [-0.2, -0.15) is 0 Å². The maximum Gasteiger partial charge on any atom is 0.229 e. The smallest absolute Gasteiger partial charge is 0.229 e. The average molecular weight is 219 g/mol. The highest BCUT2D eigenvalue weighted by Gasteiger charge is 2.20. The van der Waals surface area contributed by atoms with Crippen LogP contribution in [0.4, 0.5) is 0 Å². The summed E-state index contributed by atoms with van der Waals surface area (Å²) in [5, 5.41) is 0. The standard InChI is InChI=1S/C14H21NO/c1-4-5-11-13(14(16)15(2)3)12-9-7-6-8-10-12/h6-10,13H,4-5,11H2,1-3H3. The van der Waals surface area contributed by atoms with E-state index in [1.165, 1.54) is 0 Å². The van der Waals surface area contributed by atoms with Gasteiger partial charge in [0.1, 0.15) is 0 Å². The van der Waals surface area contributed by atoms with E-state index in [2.05, 4.69) is 6.92 Å². The summed E-state index contributed by atoms with van der Waals surface area (Å²) in [7, 11) is 3.65. The lowest BCUT2D eigenvalue weighted by Crippen LogP contribution is -2.28. The summed E-state index contributed by atoms with van der Waals surface area (Å²) < 4.78 is 0. The Morgan fingerprint density at radius 2 is 1.88 bits per heavy atom. The van der Waals surface area contributed by atoms with Crippen molar-refractivity contribution in [3.8, 4) is 0 Å². The van der Waals surface area contributed by atoms with Crippen molar-refractivity contribution in [2.24, 2.45) is 0 Å². The molecule has 88 valence electrons. The summed E-state index contributed by atoms with van der Waals surface area (Å²) in [6.07, 6.45) is 3.17. The van der Waals surface area contributed by atoms with Gasteiger partial charge in [-0.05, 0) is 12.0 Å². The van der Waals surface area contributed by atoms with Crippen LogP contribution in [-0.2, 0) is 4.79 Å². The molecule has 0 saturated heterocycles. The normalized spacial score (nSPS) is 12.2. The van der Waals surface area contributed by atoms with Gasteiger partial charge in [0.2, 0.25) is 5.91 Å². The van der Waals surface area contributed by atoms with E-state index in [-0.39, 0.29) is 11.8 Å². The maximum absolute atomic E-state index is 12.1. The molecule has 2 heteroatoms. The van der Waals surface area contributed by atoms with Gasteiger partial charge in [0, 0.05) is 14.1 Å². The van der Waals surface area contributed by atoms with Crippen molar-refractivity contribution in [2.75, 3.05) is 14.1 Å². The van der Waals surface area contributed by atoms with Crippen LogP contribution < -0.4 is 0 Å². The first kappa shape index (κ1) is 12.8. The van der Waals surface area contributed by atoms with E-state index in [0.29, 0.717) is 0 Å². The van der Waals surface area contributed by atoms with Gasteiger partial charge < -0.3 is 4.90 Å². The second-order valence-electron chi connectivity index (χ2n) is 4.34. The van der Waals surface area contributed by atoms with Crippen LogP contribution in [0.25, 0.3) is 0 Å². The lowest BCUT2D eigenvalue weighted by molar-refractivity contribution is -0.130. The minimum atomic E-state index is 0.0242. The van der Waals surface area contributed by atoms with Gasteiger partial charge in [-0.1, -0.05) is 50.1 Å². The summed E-state index contributed by atoms with van der Waals surface area (Å²) in [4.78, 5) is 13.8. The van der Waals surface area contributed by atoms with Crippen LogP contribution >= 0.6 is 0 Å². The highest BCUT2D eigenvalue weighted by atomic mass is 16.2. The third kappa shape index (κ3) is 3.37. The third-order valence-electron chi connectivity index (χ3n) is 2.79. The van der Waals surface area contributed by atoms with Gasteiger partial charge in [-0.25, -0.2) is 0 Å². The highest BCUT2D eigenvalue weighted by Crippen LogP contribution is 2.23. The minimum absolute atomic E-state index is 0.0242. The predicted octanol–water partition coefficient (Wildman–Crippen LogP) is 3.05. The number of benzene rings is 1. The van der Waals surface area contributed by atoms with Crippen LogP contribution in [0.3, 0.4) is 0 Å². The van der Waals surface area contributed by atoms with E-state index in [0.717, 1.165) is 24.8 Å². The monoisotopic (exact) mass is 219 g/mol. The Labute approximate surface area is 98.3 Å². The summed E-state index contributed by atoms with van der Waals surface area (Å²) in [5.41, 5.74) is 1.13. The molecule has 1 amide bonds. The van der Waals surface area contributed by atoms with Crippen molar-refractivity contribution in [2.45, 2.75) is 32.1 Å². The number of hydrogen-bond donors (Lipinski definition) is 0. The molecule has 1 aromatic rings. The van der Waals surface area contributed by atoms with Gasteiger partial charge in [-0.15, -0.1) is 0 Å². The van der Waals surface area contributed by atoms with Gasteiger partial charge in [-0.3, -0.25) is 4.79 Å². The Hall–Kier alpha value is -1.31. The van der Waals surface area contributed by atoms with Gasteiger partial charge >= 0.3 is 0 Å². The van der Waals surface area contributed by atoms with Crippen molar-refractivity contribution in [1.82, 2.24) is 4.90 Å². The van der Waals surface area contributed by atoms with Crippen LogP contribution in [0.5, 0.6) is 0 Å². The molecule has 0 radical (unpaired) electrons. The second kappa shape index (κ2) is 6.31. The summed E-state index contributed by atoms with van der Waals surface area (Å²) in [5.74, 6) is 0.232. The van der Waals surface area contributed by atoms with Crippen LogP contribution in [0.15, 0.2) is 30.3 Å². The number of hydrogen-bond acceptors (Lipinski definition) is 1. The Bertz CT molecular complexity index is 319. The predicted molar refractivity (Wildman–Crippen MR) is 67.4 cm³/mol. The zero-order valence-corrected chi connectivity index (χ0v) is 10.4. The number of carbonyl (C=O) groups excluding carboxylic acids is 1. The molecule has 2 nitrogen and oxygen atoms in total. The molecular formula is C14H21NO. The molecule has 0 saturated carbocycles. The number of unbranched alkanes of at least 4 members (excludes halogenated alkanes) is 1. The van der Waals surface area contributed by atoms with E-state index in [4.69, 9.17) is 0 Å². The van der Waals surface area contributed by atoms with E-state index in [1.54, 1.807) is 4.90 Å². The first-order chi connectivity index (χ1) is 7.66. The molecule has 1 aromatic carbocycles. The third-order valence-corrected chi connectivity index (χ3v) is 2.79. The van der Waals surface area contributed by atoms with Crippen molar-refractivity contribution >= 4 is 5.91 Å². The maximum atomic E-state index is 12.1. The average Bonchev–Trinajstić information content (AvgIpc) is 2.30. The lowest BCUT2D eigenvalue weighted by Gasteiger charge is -2.20. The summed E-state index contributed by atoms with van der Waals surface area (Å²) in [6.45, 7) is 2.15. The molecule has 0 aromatic heterocycles. The Balaban J connectivity index is 2.83. The molecule has 0 aliphatic carbocycles. The largest absolute Gasteiger partial charge is 0.348 e. The zero-order valence-electron chi connectivity index (χ0n) is 10.4. The first-order valence-corrected chi connectivity index (χ1v) is 5.93. The fraction of sp³-hybridized carbons (Fsp3) is 0.500. The SMILES string of the molecule is CCCCC(C(=O)N(C)C)c1ccccc1. The molecular weight excluding hydrogens is 198 g/mol. The minimum Gasteiger partial charge on any atom is -0.348 e. The Morgan fingerprint density at radius 1 is 1.25 bits per heavy atom. The number of carbonyl (C=O) groups is 1. The van der Waals surface area contributed by atoms with Crippen molar-refractivity contribution in [1.29, 1.82) is 0 Å². The molecule has 0 bridgehead atoms. The van der Waals surface area contributed by atoms with E-state index >= 15 is 0 Å². The molecule has 0 aliphatic rings. The number of rotatable bonds is 5. The molecule has 1 atom stereocenters. The van der Waals surface area contributed by atoms with Crippen LogP contribution in [-0.4, -0.2) is 24.9 Å². The van der Waals surface area contributed by atoms with E-state index in [9.17, 15) is 4.79 Å². The molecule has 0 heterocycles. The lowest BCUT2D eigenvalue weighted by atomic mass is 9.92. The summed E-state index contributed by atoms with van der Waals surface area (Å²) >= 11 is 0. The zero-order chi connectivity index (χ0) is 12.0. The van der Waals surface area contributed by atoms with Gasteiger partial charge in [0.05, 0.1) is 5.92 Å². The Morgan fingerprint density at radius 3 is 2.38 bits per heavy atom. The fourth-order valence-electron chi connectivity index (χ4n) is 1.84. The van der Waals surface area contributed by atoms with Crippen LogP contribution in [0, 0.1) is 0 Å². The quantitative estimate of drug-likeness (QED) is 0.745. The van der Waals surface area contributed by atoms with Crippen LogP contribution in [0.1, 0.15) is 37.7 Å². The molecule has 16 heavy (non-hydrogen) atoms. The van der Waals surface area contributed by atoms with Crippen LogP contribution in [0.2, 0.25) is 0 Å². The number of amides is 1. The number of nitrogens with zero attached hydrogens (tertiary/aromatic N) is 1. The van der Waals surface area contributed by atoms with Crippen molar-refractivity contribution in [3.63, 3.8) is 0 Å². The highest BCUT2D eigenvalue weighted by molar-refractivity contribution is 5.83. The fourth-order valence-corrected chi connectivity index (χ4v) is 1.84. The molecule has 0 spiro atoms. The van der Waals surface area contributed by atoms with E-state index < -0.39 is 0 Å². The Kier molecular flexibility index (Phi) is 5.03. The molecule has 0 aliphatic heterocycles. The van der Waals surface area contributed by atoms with Gasteiger partial charge in [0.25, 0.3) is 0 Å². The van der Waals surface area contributed by atoms with Crippen molar-refractivity contribution in [3.05, 3.63) is 35.9 Å². The molecule has 0 fully saturated rings. The molecule has 1 unspecified atom stereocenters. The second-order valence-corrected chi connectivity index (χ2v) is 4.34. The van der Waals surface area contributed by atoms with Gasteiger partial charge in [0.15, 0.2) is 0 Å². The summed E-state index contributed by atoms with van der Waals surface area (Å²) in [6, 6.07) is 10.1. The molecule has 0 N–H and O–H groups in total. The number of likely N-dealkylation sites (N-methyl/N-ethyl adjacent to an activating group) is 1. The topological polar surface area (TPSA) is 20.3 Å². The first-order valence-electron chi connectivity index (χ1n) is 5.93. The molecule has 1 rings (SSSR count). The van der Waals surface area contributed by atoms with E-state index in [1.807, 2.05) is 44.4 Å².